The van der Waals surface area contributed by atoms with Gasteiger partial charge >= 0.3 is 0 Å². The van der Waals surface area contributed by atoms with Crippen LogP contribution >= 0.6 is 0 Å². The smallest absolute Gasteiger partial charge is 0.0587 e. The molecule has 0 spiro atoms. The number of rotatable bonds is 7. The van der Waals surface area contributed by atoms with E-state index in [-0.39, 0.29) is 0 Å². The van der Waals surface area contributed by atoms with Crippen molar-refractivity contribution in [2.75, 3.05) is 20.3 Å². The first-order valence-electron chi connectivity index (χ1n) is 7.11. The number of methoxy groups -OCH3 is 1. The van der Waals surface area contributed by atoms with Crippen molar-refractivity contribution in [3.8, 4) is 0 Å². The molecule has 108 valence electrons. The van der Waals surface area contributed by atoms with E-state index in [1.54, 1.807) is 7.11 Å². The minimum Gasteiger partial charge on any atom is -0.383 e. The van der Waals surface area contributed by atoms with Crippen molar-refractivity contribution in [3.05, 3.63) is 58.9 Å². The summed E-state index contributed by atoms with van der Waals surface area (Å²) in [5.41, 5.74) is 5.44. The van der Waals surface area contributed by atoms with Crippen molar-refractivity contribution >= 4 is 0 Å². The maximum Gasteiger partial charge on any atom is 0.0587 e. The van der Waals surface area contributed by atoms with Crippen LogP contribution in [0.4, 0.5) is 0 Å². The van der Waals surface area contributed by atoms with Crippen molar-refractivity contribution in [1.82, 2.24) is 9.88 Å². The fourth-order valence-electron chi connectivity index (χ4n) is 2.42. The summed E-state index contributed by atoms with van der Waals surface area (Å²) in [5.74, 6) is 0. The van der Waals surface area contributed by atoms with Crippen LogP contribution in [0.3, 0.4) is 0 Å². The van der Waals surface area contributed by atoms with Gasteiger partial charge in [0, 0.05) is 38.6 Å². The first-order valence-corrected chi connectivity index (χ1v) is 7.11. The third-order valence-corrected chi connectivity index (χ3v) is 3.69. The van der Waals surface area contributed by atoms with Gasteiger partial charge in [0.25, 0.3) is 0 Å². The van der Waals surface area contributed by atoms with Crippen molar-refractivity contribution in [1.29, 1.82) is 0 Å². The molecular formula is C17H24N2O. The predicted molar refractivity (Wildman–Crippen MR) is 83.0 cm³/mol. The average molecular weight is 272 g/mol. The second-order valence-electron chi connectivity index (χ2n) is 5.17. The van der Waals surface area contributed by atoms with Gasteiger partial charge < -0.3 is 14.6 Å². The quantitative estimate of drug-likeness (QED) is 0.784. The highest BCUT2D eigenvalue weighted by molar-refractivity contribution is 5.34. The van der Waals surface area contributed by atoms with E-state index in [0.29, 0.717) is 0 Å². The van der Waals surface area contributed by atoms with Crippen LogP contribution in [0.1, 0.15) is 22.4 Å². The van der Waals surface area contributed by atoms with E-state index in [9.17, 15) is 0 Å². The normalized spacial score (nSPS) is 10.9. The maximum atomic E-state index is 5.05. The Balaban J connectivity index is 2.05. The van der Waals surface area contributed by atoms with E-state index in [0.717, 1.165) is 26.2 Å². The third-order valence-electron chi connectivity index (χ3n) is 3.69. The largest absolute Gasteiger partial charge is 0.383 e. The number of nitrogens with one attached hydrogen (secondary N) is 1. The molecule has 20 heavy (non-hydrogen) atoms. The molecule has 2 aromatic rings. The Hall–Kier alpha value is -1.58. The van der Waals surface area contributed by atoms with E-state index in [1.807, 2.05) is 0 Å². The van der Waals surface area contributed by atoms with Crippen molar-refractivity contribution in [2.45, 2.75) is 26.9 Å². The van der Waals surface area contributed by atoms with E-state index in [1.165, 1.54) is 22.4 Å². The monoisotopic (exact) mass is 272 g/mol. The van der Waals surface area contributed by atoms with Gasteiger partial charge in [-0.25, -0.2) is 0 Å². The van der Waals surface area contributed by atoms with Crippen molar-refractivity contribution in [2.24, 2.45) is 0 Å². The van der Waals surface area contributed by atoms with Crippen LogP contribution in [0, 0.1) is 13.8 Å². The van der Waals surface area contributed by atoms with Gasteiger partial charge in [0.15, 0.2) is 0 Å². The number of nitrogens with zero attached hydrogens (tertiary/aromatic N) is 1. The summed E-state index contributed by atoms with van der Waals surface area (Å²) in [6.45, 7) is 7.81. The summed E-state index contributed by atoms with van der Waals surface area (Å²) >= 11 is 0. The Morgan fingerprint density at radius 2 is 1.85 bits per heavy atom. The maximum absolute atomic E-state index is 5.05. The summed E-state index contributed by atoms with van der Waals surface area (Å²) in [6, 6.07) is 10.8. The van der Waals surface area contributed by atoms with Gasteiger partial charge in [-0.1, -0.05) is 18.2 Å². The zero-order chi connectivity index (χ0) is 14.4. The molecule has 0 atom stereocenters. The van der Waals surface area contributed by atoms with Crippen LogP contribution in [0.15, 0.2) is 36.5 Å². The topological polar surface area (TPSA) is 26.2 Å². The molecule has 0 aliphatic heterocycles. The lowest BCUT2D eigenvalue weighted by Crippen LogP contribution is -2.20. The highest BCUT2D eigenvalue weighted by Gasteiger charge is 2.06. The van der Waals surface area contributed by atoms with Gasteiger partial charge in [-0.2, -0.15) is 0 Å². The van der Waals surface area contributed by atoms with Gasteiger partial charge in [-0.15, -0.1) is 0 Å². The average Bonchev–Trinajstić information content (AvgIpc) is 2.87. The third kappa shape index (κ3) is 3.71. The lowest BCUT2D eigenvalue weighted by atomic mass is 10.0. The van der Waals surface area contributed by atoms with Crippen molar-refractivity contribution in [3.63, 3.8) is 0 Å². The Bertz CT molecular complexity index is 525. The number of hydrogen-bond donors (Lipinski definition) is 1. The van der Waals surface area contributed by atoms with Crippen LogP contribution in [-0.4, -0.2) is 24.8 Å². The first-order chi connectivity index (χ1) is 9.72. The Labute approximate surface area is 121 Å². The molecule has 0 aliphatic carbocycles. The summed E-state index contributed by atoms with van der Waals surface area (Å²) in [7, 11) is 1.73. The zero-order valence-corrected chi connectivity index (χ0v) is 12.6. The SMILES string of the molecule is COCCNCc1cccn1Cc1c(C)cccc1C. The molecule has 0 fully saturated rings. The summed E-state index contributed by atoms with van der Waals surface area (Å²) < 4.78 is 7.36. The molecule has 0 saturated heterocycles. The van der Waals surface area contributed by atoms with Crippen LogP contribution in [0.25, 0.3) is 0 Å². The number of aromatic nitrogens is 1. The van der Waals surface area contributed by atoms with E-state index in [2.05, 4.69) is 60.3 Å². The predicted octanol–water partition coefficient (Wildman–Crippen LogP) is 2.89. The van der Waals surface area contributed by atoms with Gasteiger partial charge in [0.2, 0.25) is 0 Å². The van der Waals surface area contributed by atoms with E-state index < -0.39 is 0 Å². The number of benzene rings is 1. The number of hydrogen-bond acceptors (Lipinski definition) is 2. The van der Waals surface area contributed by atoms with Gasteiger partial charge in [0.1, 0.15) is 0 Å². The second kappa shape index (κ2) is 7.27. The zero-order valence-electron chi connectivity index (χ0n) is 12.6. The highest BCUT2D eigenvalue weighted by Crippen LogP contribution is 2.16. The minimum atomic E-state index is 0.748. The molecule has 1 N–H and O–H groups in total. The molecule has 1 aromatic carbocycles. The van der Waals surface area contributed by atoms with Gasteiger partial charge in [0.05, 0.1) is 6.61 Å². The first kappa shape index (κ1) is 14.8. The molecule has 3 nitrogen and oxygen atoms in total. The standard InChI is InChI=1S/C17H24N2O/c1-14-6-4-7-15(2)17(14)13-19-10-5-8-16(19)12-18-9-11-20-3/h4-8,10,18H,9,11-13H2,1-3H3. The summed E-state index contributed by atoms with van der Waals surface area (Å²) in [4.78, 5) is 0. The minimum absolute atomic E-state index is 0.748. The molecular weight excluding hydrogens is 248 g/mol. The number of ether oxygens (including phenoxy) is 1. The van der Waals surface area contributed by atoms with Crippen LogP contribution in [-0.2, 0) is 17.8 Å². The molecule has 0 unspecified atom stereocenters. The fourth-order valence-corrected chi connectivity index (χ4v) is 2.42. The lowest BCUT2D eigenvalue weighted by molar-refractivity contribution is 0.199. The molecule has 0 saturated carbocycles. The summed E-state index contributed by atoms with van der Waals surface area (Å²) in [5, 5.41) is 3.40. The molecule has 1 aromatic heterocycles. The van der Waals surface area contributed by atoms with Crippen LogP contribution in [0.5, 0.6) is 0 Å². The van der Waals surface area contributed by atoms with Crippen LogP contribution < -0.4 is 5.32 Å². The number of aryl methyl sites for hydroxylation is 2. The Kier molecular flexibility index (Phi) is 5.39. The van der Waals surface area contributed by atoms with Gasteiger partial charge in [-0.05, 0) is 42.7 Å². The van der Waals surface area contributed by atoms with Gasteiger partial charge in [-0.3, -0.25) is 0 Å². The lowest BCUT2D eigenvalue weighted by Gasteiger charge is -2.14. The highest BCUT2D eigenvalue weighted by atomic mass is 16.5. The molecule has 0 aliphatic rings. The van der Waals surface area contributed by atoms with E-state index in [4.69, 9.17) is 4.74 Å². The molecule has 1 heterocycles. The second-order valence-corrected chi connectivity index (χ2v) is 5.17. The van der Waals surface area contributed by atoms with E-state index >= 15 is 0 Å². The molecule has 0 amide bonds. The molecule has 0 bridgehead atoms. The van der Waals surface area contributed by atoms with Crippen molar-refractivity contribution < 1.29 is 4.74 Å². The Morgan fingerprint density at radius 3 is 2.55 bits per heavy atom. The molecule has 3 heteroatoms. The molecule has 0 radical (unpaired) electrons. The molecule has 2 rings (SSSR count). The van der Waals surface area contributed by atoms with Crippen LogP contribution in [0.2, 0.25) is 0 Å². The summed E-state index contributed by atoms with van der Waals surface area (Å²) in [6.07, 6.45) is 2.15. The Morgan fingerprint density at radius 1 is 1.10 bits per heavy atom. The fraction of sp³-hybridized carbons (Fsp3) is 0.412.